The van der Waals surface area contributed by atoms with E-state index >= 15 is 0 Å². The van der Waals surface area contributed by atoms with Crippen molar-refractivity contribution in [3.8, 4) is 0 Å². The van der Waals surface area contributed by atoms with Crippen molar-refractivity contribution >= 4 is 0 Å². The highest BCUT2D eigenvalue weighted by atomic mass is 16.5. The van der Waals surface area contributed by atoms with Crippen molar-refractivity contribution in [2.45, 2.75) is 45.1 Å². The van der Waals surface area contributed by atoms with Crippen molar-refractivity contribution < 1.29 is 9.84 Å². The van der Waals surface area contributed by atoms with Crippen LogP contribution >= 0.6 is 0 Å². The van der Waals surface area contributed by atoms with Gasteiger partial charge in [-0.05, 0) is 31.4 Å². The standard InChI is InChI=1S/C14H21NO2/c1-10(15-14-6-7-17-11(14)2)13-5-3-4-12(8-13)9-16/h3-5,8,10-11,14-16H,6-7,9H2,1-2H3. The first kappa shape index (κ1) is 12.6. The maximum Gasteiger partial charge on any atom is 0.0700 e. The summed E-state index contributed by atoms with van der Waals surface area (Å²) in [4.78, 5) is 0. The van der Waals surface area contributed by atoms with Crippen LogP contribution in [0.25, 0.3) is 0 Å². The third-order valence-corrected chi connectivity index (χ3v) is 3.47. The largest absolute Gasteiger partial charge is 0.392 e. The van der Waals surface area contributed by atoms with Crippen molar-refractivity contribution in [3.05, 3.63) is 35.4 Å². The molecule has 3 unspecified atom stereocenters. The van der Waals surface area contributed by atoms with Crippen molar-refractivity contribution in [1.29, 1.82) is 0 Å². The maximum absolute atomic E-state index is 9.13. The van der Waals surface area contributed by atoms with Gasteiger partial charge in [0.05, 0.1) is 12.7 Å². The summed E-state index contributed by atoms with van der Waals surface area (Å²) in [6.45, 7) is 5.22. The maximum atomic E-state index is 9.13. The van der Waals surface area contributed by atoms with Crippen LogP contribution in [0.4, 0.5) is 0 Å². The lowest BCUT2D eigenvalue weighted by Crippen LogP contribution is -2.36. The quantitative estimate of drug-likeness (QED) is 0.838. The molecule has 2 N–H and O–H groups in total. The summed E-state index contributed by atoms with van der Waals surface area (Å²) in [7, 11) is 0. The summed E-state index contributed by atoms with van der Waals surface area (Å²) in [6, 6.07) is 8.80. The number of nitrogens with one attached hydrogen (secondary N) is 1. The van der Waals surface area contributed by atoms with Gasteiger partial charge in [-0.1, -0.05) is 24.3 Å². The fraction of sp³-hybridized carbons (Fsp3) is 0.571. The van der Waals surface area contributed by atoms with Gasteiger partial charge in [0.1, 0.15) is 0 Å². The minimum Gasteiger partial charge on any atom is -0.392 e. The number of rotatable bonds is 4. The van der Waals surface area contributed by atoms with Crippen molar-refractivity contribution in [3.63, 3.8) is 0 Å². The second-order valence-electron chi connectivity index (χ2n) is 4.76. The molecule has 1 fully saturated rings. The lowest BCUT2D eigenvalue weighted by molar-refractivity contribution is 0.111. The number of ether oxygens (including phenoxy) is 1. The Morgan fingerprint density at radius 3 is 3.00 bits per heavy atom. The van der Waals surface area contributed by atoms with Crippen LogP contribution in [-0.2, 0) is 11.3 Å². The molecule has 94 valence electrons. The molecule has 0 spiro atoms. The third kappa shape index (κ3) is 3.06. The monoisotopic (exact) mass is 235 g/mol. The van der Waals surface area contributed by atoms with Crippen LogP contribution in [0.15, 0.2) is 24.3 Å². The van der Waals surface area contributed by atoms with Gasteiger partial charge in [-0.25, -0.2) is 0 Å². The molecule has 0 bridgehead atoms. The van der Waals surface area contributed by atoms with Crippen LogP contribution in [0, 0.1) is 0 Å². The molecule has 1 aliphatic rings. The minimum atomic E-state index is 0.101. The Labute approximate surface area is 103 Å². The molecular formula is C14H21NO2. The first-order chi connectivity index (χ1) is 8.20. The van der Waals surface area contributed by atoms with E-state index in [9.17, 15) is 0 Å². The number of hydrogen-bond donors (Lipinski definition) is 2. The predicted molar refractivity (Wildman–Crippen MR) is 67.7 cm³/mol. The molecule has 3 atom stereocenters. The molecule has 0 amide bonds. The molecule has 17 heavy (non-hydrogen) atoms. The molecule has 1 aromatic rings. The highest BCUT2D eigenvalue weighted by molar-refractivity contribution is 5.25. The zero-order chi connectivity index (χ0) is 12.3. The molecule has 2 rings (SSSR count). The molecule has 3 nitrogen and oxygen atoms in total. The topological polar surface area (TPSA) is 41.5 Å². The highest BCUT2D eigenvalue weighted by Crippen LogP contribution is 2.19. The first-order valence-corrected chi connectivity index (χ1v) is 6.28. The van der Waals surface area contributed by atoms with Gasteiger partial charge < -0.3 is 15.2 Å². The van der Waals surface area contributed by atoms with Gasteiger partial charge in [0.25, 0.3) is 0 Å². The SMILES string of the molecule is CC(NC1CCOC1C)c1cccc(CO)c1. The summed E-state index contributed by atoms with van der Waals surface area (Å²) < 4.78 is 5.54. The zero-order valence-electron chi connectivity index (χ0n) is 10.5. The molecule has 1 heterocycles. The summed E-state index contributed by atoms with van der Waals surface area (Å²) in [6.07, 6.45) is 1.36. The lowest BCUT2D eigenvalue weighted by atomic mass is 10.0. The van der Waals surface area contributed by atoms with E-state index in [4.69, 9.17) is 9.84 Å². The lowest BCUT2D eigenvalue weighted by Gasteiger charge is -2.22. The van der Waals surface area contributed by atoms with E-state index in [1.165, 1.54) is 5.56 Å². The first-order valence-electron chi connectivity index (χ1n) is 6.28. The van der Waals surface area contributed by atoms with Gasteiger partial charge in [-0.2, -0.15) is 0 Å². The van der Waals surface area contributed by atoms with E-state index in [0.717, 1.165) is 18.6 Å². The Morgan fingerprint density at radius 2 is 2.35 bits per heavy atom. The van der Waals surface area contributed by atoms with E-state index in [1.807, 2.05) is 12.1 Å². The smallest absolute Gasteiger partial charge is 0.0700 e. The summed E-state index contributed by atoms with van der Waals surface area (Å²) in [5, 5.41) is 12.7. The molecular weight excluding hydrogens is 214 g/mol. The minimum absolute atomic E-state index is 0.101. The second kappa shape index (κ2) is 5.63. The third-order valence-electron chi connectivity index (χ3n) is 3.47. The van der Waals surface area contributed by atoms with Crippen LogP contribution in [0.2, 0.25) is 0 Å². The average molecular weight is 235 g/mol. The van der Waals surface area contributed by atoms with Crippen molar-refractivity contribution in [1.82, 2.24) is 5.32 Å². The Kier molecular flexibility index (Phi) is 4.15. The molecule has 3 heteroatoms. The molecule has 1 aromatic carbocycles. The number of aliphatic hydroxyl groups excluding tert-OH is 1. The van der Waals surface area contributed by atoms with Crippen molar-refractivity contribution in [2.75, 3.05) is 6.61 Å². The Hall–Kier alpha value is -0.900. The van der Waals surface area contributed by atoms with Gasteiger partial charge in [0.2, 0.25) is 0 Å². The Balaban J connectivity index is 2.00. The molecule has 1 aliphatic heterocycles. The van der Waals surface area contributed by atoms with Gasteiger partial charge in [-0.15, -0.1) is 0 Å². The van der Waals surface area contributed by atoms with E-state index in [1.54, 1.807) is 0 Å². The van der Waals surface area contributed by atoms with E-state index < -0.39 is 0 Å². The molecule has 0 saturated carbocycles. The number of hydrogen-bond acceptors (Lipinski definition) is 3. The van der Waals surface area contributed by atoms with E-state index in [0.29, 0.717) is 12.1 Å². The van der Waals surface area contributed by atoms with Gasteiger partial charge >= 0.3 is 0 Å². The number of aliphatic hydroxyl groups is 1. The fourth-order valence-corrected chi connectivity index (χ4v) is 2.33. The molecule has 0 aliphatic carbocycles. The van der Waals surface area contributed by atoms with Gasteiger partial charge in [0.15, 0.2) is 0 Å². The van der Waals surface area contributed by atoms with Crippen LogP contribution in [0.1, 0.15) is 37.4 Å². The van der Waals surface area contributed by atoms with E-state index in [2.05, 4.69) is 31.3 Å². The predicted octanol–water partition coefficient (Wildman–Crippen LogP) is 2.01. The fourth-order valence-electron chi connectivity index (χ4n) is 2.33. The van der Waals surface area contributed by atoms with Crippen LogP contribution in [-0.4, -0.2) is 23.9 Å². The Bertz CT molecular complexity index is 367. The molecule has 1 saturated heterocycles. The number of benzene rings is 1. The van der Waals surface area contributed by atoms with Crippen molar-refractivity contribution in [2.24, 2.45) is 0 Å². The summed E-state index contributed by atoms with van der Waals surface area (Å²) in [5.41, 5.74) is 2.18. The molecule has 0 aromatic heterocycles. The second-order valence-corrected chi connectivity index (χ2v) is 4.76. The summed E-state index contributed by atoms with van der Waals surface area (Å²) >= 11 is 0. The normalized spacial score (nSPS) is 26.1. The summed E-state index contributed by atoms with van der Waals surface area (Å²) in [5.74, 6) is 0. The van der Waals surface area contributed by atoms with Crippen LogP contribution < -0.4 is 5.32 Å². The van der Waals surface area contributed by atoms with Gasteiger partial charge in [-0.3, -0.25) is 0 Å². The molecule has 0 radical (unpaired) electrons. The van der Waals surface area contributed by atoms with Crippen LogP contribution in [0.5, 0.6) is 0 Å². The zero-order valence-corrected chi connectivity index (χ0v) is 10.5. The average Bonchev–Trinajstić information content (AvgIpc) is 2.75. The van der Waals surface area contributed by atoms with Gasteiger partial charge in [0, 0.05) is 18.7 Å². The Morgan fingerprint density at radius 1 is 1.53 bits per heavy atom. The van der Waals surface area contributed by atoms with Crippen LogP contribution in [0.3, 0.4) is 0 Å². The van der Waals surface area contributed by atoms with E-state index in [-0.39, 0.29) is 12.6 Å². The highest BCUT2D eigenvalue weighted by Gasteiger charge is 2.25.